The first kappa shape index (κ1) is 19.1. The molecule has 0 amide bonds. The van der Waals surface area contributed by atoms with Crippen LogP contribution in [-0.2, 0) is 14.9 Å². The number of aromatic nitrogens is 1. The lowest BCUT2D eigenvalue weighted by atomic mass is 10.2. The van der Waals surface area contributed by atoms with Crippen LogP contribution >= 0.6 is 11.3 Å². The molecule has 0 fully saturated rings. The van der Waals surface area contributed by atoms with Gasteiger partial charge in [-0.25, -0.2) is 9.18 Å². The van der Waals surface area contributed by atoms with Crippen LogP contribution in [0.3, 0.4) is 0 Å². The molecule has 0 aliphatic heterocycles. The number of ether oxygens (including phenoxy) is 1. The Balaban J connectivity index is 2.50. The van der Waals surface area contributed by atoms with Gasteiger partial charge in [-0.2, -0.15) is 26.6 Å². The number of thiazole rings is 1. The first-order valence-corrected chi connectivity index (χ1v) is 8.72. The van der Waals surface area contributed by atoms with E-state index < -0.39 is 38.2 Å². The number of carbonyl (C=O) groups excluding carboxylic acids is 1. The van der Waals surface area contributed by atoms with Gasteiger partial charge in [0.15, 0.2) is 4.88 Å². The van der Waals surface area contributed by atoms with Crippen molar-refractivity contribution >= 4 is 27.4 Å². The van der Waals surface area contributed by atoms with Gasteiger partial charge in [-0.1, -0.05) is 0 Å². The molecule has 2 rings (SSSR count). The summed E-state index contributed by atoms with van der Waals surface area (Å²) < 4.78 is 81.3. The maximum absolute atomic E-state index is 12.9. The third-order valence-electron chi connectivity index (χ3n) is 2.62. The standard InChI is InChI=1S/C13H9F4NO5S2/c1-2-22-12(19)9-10(23-25(20,21)13(15,16)17)18-11(24-9)7-3-5-8(14)6-4-7/h3-6H,2H2,1H3. The zero-order chi connectivity index (χ0) is 18.8. The van der Waals surface area contributed by atoms with Crippen molar-refractivity contribution in [3.63, 3.8) is 0 Å². The Bertz CT molecular complexity index is 875. The average molecular weight is 399 g/mol. The molecule has 0 aliphatic carbocycles. The second-order valence-corrected chi connectivity index (χ2v) is 6.90. The third-order valence-corrected chi connectivity index (χ3v) is 4.63. The van der Waals surface area contributed by atoms with E-state index in [0.29, 0.717) is 11.3 Å². The fourth-order valence-corrected chi connectivity index (χ4v) is 2.92. The second-order valence-electron chi connectivity index (χ2n) is 4.36. The molecular weight excluding hydrogens is 390 g/mol. The van der Waals surface area contributed by atoms with E-state index in [1.807, 2.05) is 0 Å². The van der Waals surface area contributed by atoms with E-state index in [-0.39, 0.29) is 17.2 Å². The molecule has 0 saturated carbocycles. The SMILES string of the molecule is CCOC(=O)c1sc(-c2ccc(F)cc2)nc1OS(=O)(=O)C(F)(F)F. The number of benzene rings is 1. The van der Waals surface area contributed by atoms with Crippen molar-refractivity contribution in [1.82, 2.24) is 4.98 Å². The molecule has 6 nitrogen and oxygen atoms in total. The monoisotopic (exact) mass is 399 g/mol. The van der Waals surface area contributed by atoms with E-state index >= 15 is 0 Å². The topological polar surface area (TPSA) is 82.6 Å². The molecule has 136 valence electrons. The van der Waals surface area contributed by atoms with Crippen molar-refractivity contribution < 1.29 is 39.7 Å². The minimum atomic E-state index is -6.02. The number of alkyl halides is 3. The number of rotatable bonds is 5. The summed E-state index contributed by atoms with van der Waals surface area (Å²) in [4.78, 5) is 14.9. The highest BCUT2D eigenvalue weighted by atomic mass is 32.2. The number of carbonyl (C=O) groups is 1. The summed E-state index contributed by atoms with van der Waals surface area (Å²) in [5.74, 6) is -2.72. The fraction of sp³-hybridized carbons (Fsp3) is 0.231. The van der Waals surface area contributed by atoms with E-state index in [1.54, 1.807) is 0 Å². The summed E-state index contributed by atoms with van der Waals surface area (Å²) in [6.45, 7) is 1.35. The first-order chi connectivity index (χ1) is 11.5. The zero-order valence-electron chi connectivity index (χ0n) is 12.3. The maximum atomic E-state index is 12.9. The van der Waals surface area contributed by atoms with E-state index in [4.69, 9.17) is 0 Å². The predicted molar refractivity (Wildman–Crippen MR) is 79.1 cm³/mol. The van der Waals surface area contributed by atoms with Crippen LogP contribution in [0, 0.1) is 5.82 Å². The highest BCUT2D eigenvalue weighted by Gasteiger charge is 2.49. The molecule has 0 bridgehead atoms. The van der Waals surface area contributed by atoms with Crippen LogP contribution in [0.5, 0.6) is 5.88 Å². The maximum Gasteiger partial charge on any atom is 0.534 e. The fourth-order valence-electron chi connectivity index (χ4n) is 1.56. The number of nitrogens with zero attached hydrogens (tertiary/aromatic N) is 1. The van der Waals surface area contributed by atoms with E-state index in [2.05, 4.69) is 13.9 Å². The molecule has 1 heterocycles. The first-order valence-electron chi connectivity index (χ1n) is 6.50. The van der Waals surface area contributed by atoms with Crippen molar-refractivity contribution in [3.05, 3.63) is 35.0 Å². The van der Waals surface area contributed by atoms with Crippen molar-refractivity contribution in [3.8, 4) is 16.5 Å². The molecular formula is C13H9F4NO5S2. The zero-order valence-corrected chi connectivity index (χ0v) is 14.0. The Morgan fingerprint density at radius 1 is 1.24 bits per heavy atom. The van der Waals surface area contributed by atoms with Crippen LogP contribution in [0.1, 0.15) is 16.6 Å². The Morgan fingerprint density at radius 3 is 2.36 bits per heavy atom. The quantitative estimate of drug-likeness (QED) is 0.332. The lowest BCUT2D eigenvalue weighted by Gasteiger charge is -2.08. The van der Waals surface area contributed by atoms with Crippen LogP contribution in [0.2, 0.25) is 0 Å². The molecule has 0 atom stereocenters. The van der Waals surface area contributed by atoms with Crippen molar-refractivity contribution in [2.75, 3.05) is 6.61 Å². The highest BCUT2D eigenvalue weighted by molar-refractivity contribution is 7.88. The molecule has 0 saturated heterocycles. The van der Waals surface area contributed by atoms with Gasteiger partial charge in [0.25, 0.3) is 5.88 Å². The van der Waals surface area contributed by atoms with E-state index in [0.717, 1.165) is 12.1 Å². The van der Waals surface area contributed by atoms with Crippen molar-refractivity contribution in [1.29, 1.82) is 0 Å². The van der Waals surface area contributed by atoms with Crippen LogP contribution in [0.15, 0.2) is 24.3 Å². The van der Waals surface area contributed by atoms with Gasteiger partial charge < -0.3 is 8.92 Å². The molecule has 0 radical (unpaired) electrons. The Kier molecular flexibility index (Phi) is 5.32. The van der Waals surface area contributed by atoms with Gasteiger partial charge in [0.2, 0.25) is 0 Å². The van der Waals surface area contributed by atoms with Gasteiger partial charge in [-0.05, 0) is 31.2 Å². The summed E-state index contributed by atoms with van der Waals surface area (Å²) >= 11 is 0.553. The minimum Gasteiger partial charge on any atom is -0.462 e. The van der Waals surface area contributed by atoms with E-state index in [1.165, 1.54) is 19.1 Å². The molecule has 0 aliphatic rings. The van der Waals surface area contributed by atoms with Gasteiger partial charge in [-0.3, -0.25) is 0 Å². The van der Waals surface area contributed by atoms with Crippen LogP contribution in [0.4, 0.5) is 17.6 Å². The molecule has 0 spiro atoms. The van der Waals surface area contributed by atoms with Crippen molar-refractivity contribution in [2.45, 2.75) is 12.4 Å². The normalized spacial score (nSPS) is 12.0. The molecule has 0 N–H and O–H groups in total. The van der Waals surface area contributed by atoms with Gasteiger partial charge in [0.1, 0.15) is 10.8 Å². The minimum absolute atomic E-state index is 0.0459. The molecule has 1 aromatic carbocycles. The lowest BCUT2D eigenvalue weighted by molar-refractivity contribution is -0.0501. The lowest BCUT2D eigenvalue weighted by Crippen LogP contribution is -2.28. The number of hydrogen-bond donors (Lipinski definition) is 0. The molecule has 12 heteroatoms. The number of hydrogen-bond acceptors (Lipinski definition) is 7. The summed E-state index contributed by atoms with van der Waals surface area (Å²) in [6, 6.07) is 4.64. The van der Waals surface area contributed by atoms with Gasteiger partial charge >= 0.3 is 21.6 Å². The summed E-state index contributed by atoms with van der Waals surface area (Å²) in [6.07, 6.45) is 0. The Hall–Kier alpha value is -2.21. The third kappa shape index (κ3) is 4.25. The smallest absolute Gasteiger partial charge is 0.462 e. The van der Waals surface area contributed by atoms with Gasteiger partial charge in [0, 0.05) is 5.56 Å². The summed E-state index contributed by atoms with van der Waals surface area (Å²) in [5, 5.41) is -0.0459. The average Bonchev–Trinajstić information content (AvgIpc) is 2.90. The van der Waals surface area contributed by atoms with Gasteiger partial charge in [0.05, 0.1) is 6.61 Å². The largest absolute Gasteiger partial charge is 0.534 e. The van der Waals surface area contributed by atoms with Gasteiger partial charge in [-0.15, -0.1) is 11.3 Å². The highest BCUT2D eigenvalue weighted by Crippen LogP contribution is 2.36. The number of esters is 1. The molecule has 2 aromatic rings. The molecule has 1 aromatic heterocycles. The van der Waals surface area contributed by atoms with E-state index in [9.17, 15) is 30.8 Å². The molecule has 25 heavy (non-hydrogen) atoms. The number of halogens is 4. The van der Waals surface area contributed by atoms with Crippen LogP contribution < -0.4 is 4.18 Å². The summed E-state index contributed by atoms with van der Waals surface area (Å²) in [7, 11) is -6.02. The van der Waals surface area contributed by atoms with Crippen LogP contribution in [0.25, 0.3) is 10.6 Å². The van der Waals surface area contributed by atoms with Crippen LogP contribution in [-0.4, -0.2) is 31.5 Å². The Morgan fingerprint density at radius 2 is 1.84 bits per heavy atom. The van der Waals surface area contributed by atoms with Crippen molar-refractivity contribution in [2.24, 2.45) is 0 Å². The molecule has 0 unspecified atom stereocenters. The summed E-state index contributed by atoms with van der Waals surface area (Å²) in [5.41, 5.74) is -5.45. The second kappa shape index (κ2) is 6.96. The Labute approximate surface area is 143 Å². The predicted octanol–water partition coefficient (Wildman–Crippen LogP) is 3.35.